The molecule has 0 rings (SSSR count). The van der Waals surface area contributed by atoms with Crippen LogP contribution in [-0.4, -0.2) is 23.6 Å². The van der Waals surface area contributed by atoms with Crippen molar-refractivity contribution in [1.29, 1.82) is 0 Å². The zero-order chi connectivity index (χ0) is 12.1. The maximum Gasteiger partial charge on any atom is 0.408 e. The average Bonchev–Trinajstić information content (AvgIpc) is 2.10. The van der Waals surface area contributed by atoms with Gasteiger partial charge in [-0.1, -0.05) is 6.92 Å². The van der Waals surface area contributed by atoms with Crippen LogP contribution in [0.3, 0.4) is 0 Å². The lowest BCUT2D eigenvalue weighted by Gasteiger charge is -2.22. The summed E-state index contributed by atoms with van der Waals surface area (Å²) in [7, 11) is 0. The number of ether oxygens (including phenoxy) is 1. The second-order valence-electron chi connectivity index (χ2n) is 4.12. The van der Waals surface area contributed by atoms with Gasteiger partial charge in [0.2, 0.25) is 0 Å². The second-order valence-corrected chi connectivity index (χ2v) is 4.12. The molecule has 0 aliphatic heterocycles. The highest BCUT2D eigenvalue weighted by Gasteiger charge is 2.22. The minimum Gasteiger partial charge on any atom is -0.444 e. The van der Waals surface area contributed by atoms with Crippen molar-refractivity contribution in [3.8, 4) is 0 Å². The van der Waals surface area contributed by atoms with Gasteiger partial charge in [-0.3, -0.25) is 10.2 Å². The van der Waals surface area contributed by atoms with Gasteiger partial charge in [0.05, 0.1) is 0 Å². The molecule has 6 nitrogen and oxygen atoms in total. The molecule has 88 valence electrons. The Kier molecular flexibility index (Phi) is 5.07. The molecule has 6 heteroatoms. The molecule has 4 N–H and O–H groups in total. The Morgan fingerprint density at radius 1 is 1.40 bits per heavy atom. The largest absolute Gasteiger partial charge is 0.444 e. The second kappa shape index (κ2) is 5.55. The fourth-order valence-corrected chi connectivity index (χ4v) is 0.903. The number of nitrogens with two attached hydrogens (primary N) is 1. The van der Waals surface area contributed by atoms with Gasteiger partial charge in [0, 0.05) is 0 Å². The number of hydrogen-bond acceptors (Lipinski definition) is 4. The predicted octanol–water partition coefficient (Wildman–Crippen LogP) is 0.280. The first-order valence-corrected chi connectivity index (χ1v) is 4.80. The van der Waals surface area contributed by atoms with Gasteiger partial charge in [0.1, 0.15) is 11.6 Å². The fraction of sp³-hybridized carbons (Fsp3) is 0.778. The Morgan fingerprint density at radius 3 is 2.27 bits per heavy atom. The van der Waals surface area contributed by atoms with Crippen LogP contribution < -0.4 is 16.6 Å². The number of hydrazine groups is 1. The first-order chi connectivity index (χ1) is 6.80. The van der Waals surface area contributed by atoms with E-state index in [2.05, 4.69) is 5.32 Å². The summed E-state index contributed by atoms with van der Waals surface area (Å²) in [5, 5.41) is 2.42. The Bertz CT molecular complexity index is 235. The lowest BCUT2D eigenvalue weighted by atomic mass is 10.2. The number of carbonyl (C=O) groups excluding carboxylic acids is 2. The van der Waals surface area contributed by atoms with Gasteiger partial charge in [-0.25, -0.2) is 10.6 Å². The quantitative estimate of drug-likeness (QED) is 0.359. The summed E-state index contributed by atoms with van der Waals surface area (Å²) < 4.78 is 4.99. The molecular weight excluding hydrogens is 198 g/mol. The molecule has 0 fully saturated rings. The SMILES string of the molecule is CCC(NC(=O)OC(C)(C)C)C(=O)NN. The Hall–Kier alpha value is -1.30. The maximum absolute atomic E-state index is 11.3. The van der Waals surface area contributed by atoms with Crippen LogP contribution in [0.15, 0.2) is 0 Å². The number of rotatable bonds is 3. The average molecular weight is 217 g/mol. The van der Waals surface area contributed by atoms with E-state index in [-0.39, 0.29) is 0 Å². The van der Waals surface area contributed by atoms with Crippen molar-refractivity contribution in [2.24, 2.45) is 5.84 Å². The molecule has 0 saturated carbocycles. The standard InChI is InChI=1S/C9H19N3O3/c1-5-6(7(13)12-10)11-8(14)15-9(2,3)4/h6H,5,10H2,1-4H3,(H,11,14)(H,12,13). The maximum atomic E-state index is 11.3. The Morgan fingerprint density at radius 2 is 1.93 bits per heavy atom. The smallest absolute Gasteiger partial charge is 0.408 e. The molecule has 1 unspecified atom stereocenters. The lowest BCUT2D eigenvalue weighted by Crippen LogP contribution is -2.49. The summed E-state index contributed by atoms with van der Waals surface area (Å²) in [5.41, 5.74) is 1.39. The van der Waals surface area contributed by atoms with Gasteiger partial charge in [-0.05, 0) is 27.2 Å². The van der Waals surface area contributed by atoms with E-state index in [0.717, 1.165) is 0 Å². The highest BCUT2D eigenvalue weighted by molar-refractivity contribution is 5.85. The van der Waals surface area contributed by atoms with E-state index in [1.165, 1.54) is 0 Å². The van der Waals surface area contributed by atoms with Crippen LogP contribution in [0.2, 0.25) is 0 Å². The molecule has 0 aromatic rings. The highest BCUT2D eigenvalue weighted by Crippen LogP contribution is 2.07. The van der Waals surface area contributed by atoms with Crippen molar-refractivity contribution >= 4 is 12.0 Å². The first-order valence-electron chi connectivity index (χ1n) is 4.80. The lowest BCUT2D eigenvalue weighted by molar-refractivity contribution is -0.123. The third-order valence-corrected chi connectivity index (χ3v) is 1.56. The molecule has 0 aromatic carbocycles. The van der Waals surface area contributed by atoms with Gasteiger partial charge in [-0.2, -0.15) is 0 Å². The first kappa shape index (κ1) is 13.7. The van der Waals surface area contributed by atoms with Crippen LogP contribution in [-0.2, 0) is 9.53 Å². The van der Waals surface area contributed by atoms with Gasteiger partial charge < -0.3 is 10.1 Å². The Labute approximate surface area is 89.5 Å². The molecule has 0 heterocycles. The van der Waals surface area contributed by atoms with Gasteiger partial charge >= 0.3 is 6.09 Å². The summed E-state index contributed by atoms with van der Waals surface area (Å²) in [6.07, 6.45) is -0.180. The predicted molar refractivity (Wildman–Crippen MR) is 55.8 cm³/mol. The minimum absolute atomic E-state index is 0.441. The molecule has 1 atom stereocenters. The summed E-state index contributed by atoms with van der Waals surface area (Å²) >= 11 is 0. The topological polar surface area (TPSA) is 93.4 Å². The van der Waals surface area contributed by atoms with E-state index >= 15 is 0 Å². The number of nitrogens with one attached hydrogen (secondary N) is 2. The van der Waals surface area contributed by atoms with Crippen molar-refractivity contribution < 1.29 is 14.3 Å². The van der Waals surface area contributed by atoms with Crippen LogP contribution in [0.5, 0.6) is 0 Å². The Balaban J connectivity index is 4.20. The van der Waals surface area contributed by atoms with E-state index in [1.54, 1.807) is 27.7 Å². The third kappa shape index (κ3) is 5.90. The van der Waals surface area contributed by atoms with Crippen molar-refractivity contribution in [3.05, 3.63) is 0 Å². The van der Waals surface area contributed by atoms with Gasteiger partial charge in [0.15, 0.2) is 0 Å². The van der Waals surface area contributed by atoms with Crippen LogP contribution in [0.1, 0.15) is 34.1 Å². The van der Waals surface area contributed by atoms with Crippen LogP contribution in [0.4, 0.5) is 4.79 Å². The van der Waals surface area contributed by atoms with Crippen LogP contribution >= 0.6 is 0 Å². The molecule has 0 aromatic heterocycles. The zero-order valence-electron chi connectivity index (χ0n) is 9.59. The molecule has 0 saturated heterocycles. The van der Waals surface area contributed by atoms with E-state index in [9.17, 15) is 9.59 Å². The van der Waals surface area contributed by atoms with E-state index in [1.807, 2.05) is 5.43 Å². The third-order valence-electron chi connectivity index (χ3n) is 1.56. The minimum atomic E-state index is -0.662. The molecule has 0 radical (unpaired) electrons. The van der Waals surface area contributed by atoms with Gasteiger partial charge in [-0.15, -0.1) is 0 Å². The molecule has 0 aliphatic carbocycles. The van der Waals surface area contributed by atoms with Crippen molar-refractivity contribution in [2.75, 3.05) is 0 Å². The normalized spacial score (nSPS) is 12.9. The van der Waals surface area contributed by atoms with Crippen molar-refractivity contribution in [3.63, 3.8) is 0 Å². The zero-order valence-corrected chi connectivity index (χ0v) is 9.59. The molecule has 2 amide bonds. The fourth-order valence-electron chi connectivity index (χ4n) is 0.903. The number of alkyl carbamates (subject to hydrolysis) is 1. The van der Waals surface area contributed by atoms with E-state index in [0.29, 0.717) is 6.42 Å². The molecule has 0 spiro atoms. The number of carbonyl (C=O) groups is 2. The summed E-state index contributed by atoms with van der Waals surface area (Å²) in [6, 6.07) is -0.662. The highest BCUT2D eigenvalue weighted by atomic mass is 16.6. The molecular formula is C9H19N3O3. The molecule has 15 heavy (non-hydrogen) atoms. The summed E-state index contributed by atoms with van der Waals surface area (Å²) in [5.74, 6) is 4.52. The van der Waals surface area contributed by atoms with Crippen LogP contribution in [0, 0.1) is 0 Å². The number of hydrogen-bond donors (Lipinski definition) is 3. The molecule has 0 bridgehead atoms. The molecule has 0 aliphatic rings. The summed E-state index contributed by atoms with van der Waals surface area (Å²) in [6.45, 7) is 7.00. The van der Waals surface area contributed by atoms with Crippen LogP contribution in [0.25, 0.3) is 0 Å². The van der Waals surface area contributed by atoms with Gasteiger partial charge in [0.25, 0.3) is 5.91 Å². The number of amides is 2. The van der Waals surface area contributed by atoms with Crippen molar-refractivity contribution in [1.82, 2.24) is 10.7 Å². The van der Waals surface area contributed by atoms with E-state index in [4.69, 9.17) is 10.6 Å². The van der Waals surface area contributed by atoms with E-state index < -0.39 is 23.6 Å². The van der Waals surface area contributed by atoms with Crippen molar-refractivity contribution in [2.45, 2.75) is 45.8 Å². The monoisotopic (exact) mass is 217 g/mol. The summed E-state index contributed by atoms with van der Waals surface area (Å²) in [4.78, 5) is 22.4.